The van der Waals surface area contributed by atoms with Crippen molar-refractivity contribution in [2.45, 2.75) is 51.5 Å². The van der Waals surface area contributed by atoms with Crippen LogP contribution in [0, 0.1) is 0 Å². The van der Waals surface area contributed by atoms with Crippen LogP contribution in [0.1, 0.15) is 37.9 Å². The van der Waals surface area contributed by atoms with E-state index in [2.05, 4.69) is 10.00 Å². The lowest BCUT2D eigenvalue weighted by Gasteiger charge is -2.31. The summed E-state index contributed by atoms with van der Waals surface area (Å²) in [5, 5.41) is 4.60. The van der Waals surface area contributed by atoms with E-state index in [4.69, 9.17) is 14.2 Å². The zero-order valence-electron chi connectivity index (χ0n) is 15.4. The zero-order valence-corrected chi connectivity index (χ0v) is 15.4. The van der Waals surface area contributed by atoms with Crippen LogP contribution in [0.5, 0.6) is 0 Å². The summed E-state index contributed by atoms with van der Waals surface area (Å²) in [5.41, 5.74) is -0.0208. The molecule has 0 spiro atoms. The molecule has 2 saturated heterocycles. The molecule has 0 aromatic carbocycles. The molecule has 2 fully saturated rings. The second-order valence-electron chi connectivity index (χ2n) is 6.68. The molecule has 0 atom stereocenters. The molecule has 0 N–H and O–H groups in total. The number of nitrogens with zero attached hydrogens (tertiary/aromatic N) is 4. The average Bonchev–Trinajstić information content (AvgIpc) is 3.26. The van der Waals surface area contributed by atoms with E-state index in [1.807, 2.05) is 11.5 Å². The quantitative estimate of drug-likeness (QED) is 0.683. The summed E-state index contributed by atoms with van der Waals surface area (Å²) in [6.07, 6.45) is 2.97. The van der Waals surface area contributed by atoms with Crippen molar-refractivity contribution < 1.29 is 14.2 Å². The van der Waals surface area contributed by atoms with Crippen LogP contribution in [-0.2, 0) is 27.3 Å². The molecular weight excluding hydrogens is 324 g/mol. The highest BCUT2D eigenvalue weighted by molar-refractivity contribution is 5.00. The van der Waals surface area contributed by atoms with Crippen molar-refractivity contribution in [3.8, 4) is 0 Å². The van der Waals surface area contributed by atoms with Gasteiger partial charge in [-0.1, -0.05) is 0 Å². The summed E-state index contributed by atoms with van der Waals surface area (Å²) in [6.45, 7) is 8.17. The van der Waals surface area contributed by atoms with Crippen molar-refractivity contribution in [3.63, 3.8) is 0 Å². The third-order valence-electron chi connectivity index (χ3n) is 5.10. The molecule has 0 saturated carbocycles. The van der Waals surface area contributed by atoms with E-state index in [1.54, 1.807) is 11.8 Å². The Morgan fingerprint density at radius 1 is 1.20 bits per heavy atom. The standard InChI is InChI=1S/C17H30N4O4/c1-3-20-16(18-21(17(20)22)10-11-23-2)14-4-7-19(8-5-14)9-6-15-24-12-13-25-15/h14-15H,3-13H2,1-2H3. The summed E-state index contributed by atoms with van der Waals surface area (Å²) < 4.78 is 19.4. The number of methoxy groups -OCH3 is 1. The lowest BCUT2D eigenvalue weighted by molar-refractivity contribution is -0.0524. The maximum Gasteiger partial charge on any atom is 0.345 e. The zero-order chi connectivity index (χ0) is 17.6. The molecular formula is C17H30N4O4. The van der Waals surface area contributed by atoms with Gasteiger partial charge in [0.2, 0.25) is 0 Å². The molecule has 8 nitrogen and oxygen atoms in total. The smallest absolute Gasteiger partial charge is 0.345 e. The molecule has 2 aliphatic heterocycles. The van der Waals surface area contributed by atoms with E-state index in [-0.39, 0.29) is 12.0 Å². The Kier molecular flexibility index (Phi) is 6.63. The molecule has 3 rings (SSSR count). The number of likely N-dealkylation sites (tertiary alicyclic amines) is 1. The molecule has 3 heterocycles. The van der Waals surface area contributed by atoms with Gasteiger partial charge >= 0.3 is 5.69 Å². The summed E-state index contributed by atoms with van der Waals surface area (Å²) >= 11 is 0. The van der Waals surface area contributed by atoms with Crippen LogP contribution in [0.15, 0.2) is 4.79 Å². The van der Waals surface area contributed by atoms with Crippen molar-refractivity contribution in [2.24, 2.45) is 0 Å². The van der Waals surface area contributed by atoms with E-state index < -0.39 is 0 Å². The van der Waals surface area contributed by atoms with E-state index in [0.29, 0.717) is 38.8 Å². The molecule has 0 bridgehead atoms. The fourth-order valence-corrected chi connectivity index (χ4v) is 3.66. The van der Waals surface area contributed by atoms with E-state index in [1.165, 1.54) is 0 Å². The summed E-state index contributed by atoms with van der Waals surface area (Å²) in [5.74, 6) is 1.29. The van der Waals surface area contributed by atoms with Gasteiger partial charge in [-0.05, 0) is 32.9 Å². The number of hydrogen-bond acceptors (Lipinski definition) is 6. The minimum absolute atomic E-state index is 0.0208. The van der Waals surface area contributed by atoms with Crippen molar-refractivity contribution in [1.82, 2.24) is 19.2 Å². The first kappa shape index (κ1) is 18.6. The van der Waals surface area contributed by atoms with Crippen molar-refractivity contribution in [3.05, 3.63) is 16.3 Å². The normalized spacial score (nSPS) is 20.6. The van der Waals surface area contributed by atoms with Crippen LogP contribution in [0.3, 0.4) is 0 Å². The molecule has 0 aliphatic carbocycles. The summed E-state index contributed by atoms with van der Waals surface area (Å²) in [7, 11) is 1.64. The van der Waals surface area contributed by atoms with Gasteiger partial charge in [0, 0.05) is 32.5 Å². The van der Waals surface area contributed by atoms with Gasteiger partial charge in [0.05, 0.1) is 26.4 Å². The molecule has 0 radical (unpaired) electrons. The second kappa shape index (κ2) is 8.93. The lowest BCUT2D eigenvalue weighted by atomic mass is 9.96. The first-order valence-electron chi connectivity index (χ1n) is 9.35. The maximum absolute atomic E-state index is 12.5. The minimum atomic E-state index is -0.0283. The van der Waals surface area contributed by atoms with Gasteiger partial charge in [-0.2, -0.15) is 5.10 Å². The van der Waals surface area contributed by atoms with Gasteiger partial charge in [-0.15, -0.1) is 0 Å². The summed E-state index contributed by atoms with van der Waals surface area (Å²) in [4.78, 5) is 14.9. The molecule has 1 aromatic heterocycles. The Bertz CT molecular complexity index is 586. The van der Waals surface area contributed by atoms with Gasteiger partial charge in [0.25, 0.3) is 0 Å². The average molecular weight is 354 g/mol. The van der Waals surface area contributed by atoms with E-state index >= 15 is 0 Å². The minimum Gasteiger partial charge on any atom is -0.383 e. The Balaban J connectivity index is 1.55. The topological polar surface area (TPSA) is 70.8 Å². The Hall–Kier alpha value is -1.22. The lowest BCUT2D eigenvalue weighted by Crippen LogP contribution is -2.36. The molecule has 1 aromatic rings. The third kappa shape index (κ3) is 4.49. The van der Waals surface area contributed by atoms with Crippen molar-refractivity contribution >= 4 is 0 Å². The van der Waals surface area contributed by atoms with Crippen LogP contribution in [0.25, 0.3) is 0 Å². The Morgan fingerprint density at radius 2 is 1.92 bits per heavy atom. The number of ether oxygens (including phenoxy) is 3. The molecule has 0 unspecified atom stereocenters. The van der Waals surface area contributed by atoms with Gasteiger partial charge < -0.3 is 19.1 Å². The van der Waals surface area contributed by atoms with Crippen LogP contribution < -0.4 is 5.69 Å². The van der Waals surface area contributed by atoms with Gasteiger partial charge in [0.1, 0.15) is 5.82 Å². The number of rotatable bonds is 8. The van der Waals surface area contributed by atoms with E-state index in [9.17, 15) is 4.79 Å². The van der Waals surface area contributed by atoms with Gasteiger partial charge in [0.15, 0.2) is 6.29 Å². The fourth-order valence-electron chi connectivity index (χ4n) is 3.66. The molecule has 8 heteroatoms. The van der Waals surface area contributed by atoms with Crippen molar-refractivity contribution in [2.75, 3.05) is 46.6 Å². The van der Waals surface area contributed by atoms with Crippen LogP contribution in [-0.4, -0.2) is 72.1 Å². The molecule has 25 heavy (non-hydrogen) atoms. The summed E-state index contributed by atoms with van der Waals surface area (Å²) in [6, 6.07) is 0. The number of aromatic nitrogens is 3. The predicted octanol–water partition coefficient (Wildman–Crippen LogP) is 0.654. The first-order valence-corrected chi connectivity index (χ1v) is 9.35. The Morgan fingerprint density at radius 3 is 2.56 bits per heavy atom. The van der Waals surface area contributed by atoms with Crippen LogP contribution >= 0.6 is 0 Å². The van der Waals surface area contributed by atoms with Crippen LogP contribution in [0.2, 0.25) is 0 Å². The highest BCUT2D eigenvalue weighted by Gasteiger charge is 2.27. The second-order valence-corrected chi connectivity index (χ2v) is 6.68. The molecule has 2 aliphatic rings. The van der Waals surface area contributed by atoms with Gasteiger partial charge in [-0.25, -0.2) is 9.48 Å². The largest absolute Gasteiger partial charge is 0.383 e. The molecule has 142 valence electrons. The van der Waals surface area contributed by atoms with Crippen LogP contribution in [0.4, 0.5) is 0 Å². The highest BCUT2D eigenvalue weighted by Crippen LogP contribution is 2.26. The monoisotopic (exact) mass is 354 g/mol. The SMILES string of the molecule is CCn1c(C2CCN(CCC3OCCO3)CC2)nn(CCOC)c1=O. The number of piperidine rings is 1. The third-order valence-corrected chi connectivity index (χ3v) is 5.10. The molecule has 0 amide bonds. The number of hydrogen-bond donors (Lipinski definition) is 0. The van der Waals surface area contributed by atoms with E-state index in [0.717, 1.165) is 44.7 Å². The Labute approximate surface area is 148 Å². The highest BCUT2D eigenvalue weighted by atomic mass is 16.7. The van der Waals surface area contributed by atoms with Gasteiger partial charge in [-0.3, -0.25) is 4.57 Å². The van der Waals surface area contributed by atoms with Crippen molar-refractivity contribution in [1.29, 1.82) is 0 Å². The fraction of sp³-hybridized carbons (Fsp3) is 0.882. The maximum atomic E-state index is 12.5. The first-order chi connectivity index (χ1) is 12.2. The predicted molar refractivity (Wildman–Crippen MR) is 92.8 cm³/mol.